The molecule has 1 aliphatic rings. The van der Waals surface area contributed by atoms with Crippen molar-refractivity contribution in [3.63, 3.8) is 0 Å². The van der Waals surface area contributed by atoms with Gasteiger partial charge in [-0.15, -0.1) is 0 Å². The van der Waals surface area contributed by atoms with Crippen molar-refractivity contribution in [2.24, 2.45) is 5.92 Å². The standard InChI is InChI=1S/C14H18BrNO2/c1-9-2-5-11(15)8-13(9)16-12-6-3-10(4-7-12)14(17)18/h2,5,8,10,12,16H,3-4,6-7H2,1H3,(H,17,18). The maximum Gasteiger partial charge on any atom is 0.306 e. The van der Waals surface area contributed by atoms with E-state index in [1.807, 2.05) is 6.07 Å². The van der Waals surface area contributed by atoms with Gasteiger partial charge in [0.05, 0.1) is 5.92 Å². The van der Waals surface area contributed by atoms with Crippen molar-refractivity contribution < 1.29 is 9.90 Å². The lowest BCUT2D eigenvalue weighted by Crippen LogP contribution is -2.29. The number of carboxylic acid groups (broad SMARTS) is 1. The van der Waals surface area contributed by atoms with E-state index in [2.05, 4.69) is 40.3 Å². The normalized spacial score (nSPS) is 23.7. The van der Waals surface area contributed by atoms with Gasteiger partial charge in [-0.1, -0.05) is 22.0 Å². The number of hydrogen-bond acceptors (Lipinski definition) is 2. The zero-order valence-corrected chi connectivity index (χ0v) is 12.0. The highest BCUT2D eigenvalue weighted by Gasteiger charge is 2.25. The first-order valence-corrected chi connectivity index (χ1v) is 7.11. The molecule has 2 N–H and O–H groups in total. The predicted molar refractivity (Wildman–Crippen MR) is 75.9 cm³/mol. The van der Waals surface area contributed by atoms with Crippen LogP contribution in [0.25, 0.3) is 0 Å². The van der Waals surface area contributed by atoms with E-state index in [9.17, 15) is 4.79 Å². The van der Waals surface area contributed by atoms with Gasteiger partial charge in [-0.05, 0) is 50.3 Å². The fraction of sp³-hybridized carbons (Fsp3) is 0.500. The van der Waals surface area contributed by atoms with E-state index in [1.165, 1.54) is 5.56 Å². The number of aliphatic carboxylic acids is 1. The number of halogens is 1. The molecule has 1 aliphatic carbocycles. The summed E-state index contributed by atoms with van der Waals surface area (Å²) in [6.07, 6.45) is 3.42. The summed E-state index contributed by atoms with van der Waals surface area (Å²) in [5, 5.41) is 12.5. The van der Waals surface area contributed by atoms with Gasteiger partial charge in [-0.2, -0.15) is 0 Å². The second-order valence-electron chi connectivity index (χ2n) is 4.99. The zero-order valence-electron chi connectivity index (χ0n) is 10.4. The molecule has 0 radical (unpaired) electrons. The maximum absolute atomic E-state index is 10.9. The third kappa shape index (κ3) is 3.25. The molecular weight excluding hydrogens is 294 g/mol. The van der Waals surface area contributed by atoms with Gasteiger partial charge in [0.1, 0.15) is 0 Å². The van der Waals surface area contributed by atoms with Crippen LogP contribution in [0.3, 0.4) is 0 Å². The summed E-state index contributed by atoms with van der Waals surface area (Å²) in [7, 11) is 0. The Bertz CT molecular complexity index is 439. The quantitative estimate of drug-likeness (QED) is 0.892. The molecule has 18 heavy (non-hydrogen) atoms. The van der Waals surface area contributed by atoms with Gasteiger partial charge < -0.3 is 10.4 Å². The summed E-state index contributed by atoms with van der Waals surface area (Å²) in [6, 6.07) is 6.59. The van der Waals surface area contributed by atoms with Crippen molar-refractivity contribution in [2.45, 2.75) is 38.6 Å². The van der Waals surface area contributed by atoms with Gasteiger partial charge in [0.25, 0.3) is 0 Å². The Hall–Kier alpha value is -1.03. The second-order valence-corrected chi connectivity index (χ2v) is 5.91. The predicted octanol–water partition coefficient (Wildman–Crippen LogP) is 3.81. The third-order valence-electron chi connectivity index (χ3n) is 3.64. The van der Waals surface area contributed by atoms with Crippen LogP contribution in [-0.2, 0) is 4.79 Å². The number of carboxylic acids is 1. The Labute approximate surface area is 116 Å². The molecule has 0 aliphatic heterocycles. The fourth-order valence-corrected chi connectivity index (χ4v) is 2.82. The molecule has 2 rings (SSSR count). The number of nitrogens with one attached hydrogen (secondary N) is 1. The van der Waals surface area contributed by atoms with Crippen LogP contribution in [0.4, 0.5) is 5.69 Å². The smallest absolute Gasteiger partial charge is 0.306 e. The van der Waals surface area contributed by atoms with Crippen molar-refractivity contribution in [3.05, 3.63) is 28.2 Å². The van der Waals surface area contributed by atoms with Crippen molar-refractivity contribution in [3.8, 4) is 0 Å². The number of anilines is 1. The zero-order chi connectivity index (χ0) is 13.1. The first-order chi connectivity index (χ1) is 8.56. The molecular formula is C14H18BrNO2. The molecule has 0 atom stereocenters. The minimum absolute atomic E-state index is 0.147. The molecule has 1 saturated carbocycles. The highest BCUT2D eigenvalue weighted by molar-refractivity contribution is 9.10. The van der Waals surface area contributed by atoms with Crippen LogP contribution in [0.2, 0.25) is 0 Å². The van der Waals surface area contributed by atoms with Gasteiger partial charge in [-0.3, -0.25) is 4.79 Å². The summed E-state index contributed by atoms with van der Waals surface area (Å²) in [5.41, 5.74) is 2.36. The van der Waals surface area contributed by atoms with E-state index in [4.69, 9.17) is 5.11 Å². The molecule has 3 nitrogen and oxygen atoms in total. The van der Waals surface area contributed by atoms with Crippen LogP contribution >= 0.6 is 15.9 Å². The van der Waals surface area contributed by atoms with Gasteiger partial charge in [0, 0.05) is 16.2 Å². The van der Waals surface area contributed by atoms with Crippen LogP contribution in [0, 0.1) is 12.8 Å². The molecule has 0 bridgehead atoms. The molecule has 0 heterocycles. The second kappa shape index (κ2) is 5.74. The van der Waals surface area contributed by atoms with Gasteiger partial charge in [0.2, 0.25) is 0 Å². The summed E-state index contributed by atoms with van der Waals surface area (Å²) >= 11 is 3.47. The molecule has 0 amide bonds. The monoisotopic (exact) mass is 311 g/mol. The lowest BCUT2D eigenvalue weighted by atomic mass is 9.86. The lowest BCUT2D eigenvalue weighted by Gasteiger charge is -2.28. The third-order valence-corrected chi connectivity index (χ3v) is 4.13. The van der Waals surface area contributed by atoms with E-state index < -0.39 is 5.97 Å². The highest BCUT2D eigenvalue weighted by atomic mass is 79.9. The average Bonchev–Trinajstić information content (AvgIpc) is 2.34. The fourth-order valence-electron chi connectivity index (χ4n) is 2.45. The number of aryl methyl sites for hydroxylation is 1. The molecule has 0 saturated heterocycles. The summed E-state index contributed by atoms with van der Waals surface area (Å²) < 4.78 is 1.06. The van der Waals surface area contributed by atoms with Gasteiger partial charge >= 0.3 is 5.97 Å². The Balaban J connectivity index is 1.95. The van der Waals surface area contributed by atoms with E-state index in [0.717, 1.165) is 35.8 Å². The van der Waals surface area contributed by atoms with Crippen molar-refractivity contribution in [1.29, 1.82) is 0 Å². The summed E-state index contributed by atoms with van der Waals surface area (Å²) in [6.45, 7) is 2.08. The molecule has 4 heteroatoms. The van der Waals surface area contributed by atoms with Gasteiger partial charge in [-0.25, -0.2) is 0 Å². The van der Waals surface area contributed by atoms with E-state index in [0.29, 0.717) is 6.04 Å². The first kappa shape index (κ1) is 13.4. The summed E-state index contributed by atoms with van der Waals surface area (Å²) in [4.78, 5) is 10.9. The Kier molecular flexibility index (Phi) is 4.27. The van der Waals surface area contributed by atoms with Crippen LogP contribution in [0.15, 0.2) is 22.7 Å². The van der Waals surface area contributed by atoms with Crippen molar-refractivity contribution in [2.75, 3.05) is 5.32 Å². The number of carbonyl (C=O) groups is 1. The Morgan fingerprint density at radius 1 is 1.33 bits per heavy atom. The van der Waals surface area contributed by atoms with E-state index >= 15 is 0 Å². The molecule has 0 spiro atoms. The Morgan fingerprint density at radius 2 is 2.00 bits per heavy atom. The molecule has 1 fully saturated rings. The topological polar surface area (TPSA) is 49.3 Å². The molecule has 1 aromatic carbocycles. The van der Waals surface area contributed by atoms with Crippen LogP contribution in [0.5, 0.6) is 0 Å². The minimum Gasteiger partial charge on any atom is -0.481 e. The number of benzene rings is 1. The van der Waals surface area contributed by atoms with Crippen molar-refractivity contribution in [1.82, 2.24) is 0 Å². The van der Waals surface area contributed by atoms with Crippen molar-refractivity contribution >= 4 is 27.6 Å². The highest BCUT2D eigenvalue weighted by Crippen LogP contribution is 2.28. The van der Waals surface area contributed by atoms with E-state index in [1.54, 1.807) is 0 Å². The SMILES string of the molecule is Cc1ccc(Br)cc1NC1CCC(C(=O)O)CC1. The average molecular weight is 312 g/mol. The largest absolute Gasteiger partial charge is 0.481 e. The Morgan fingerprint density at radius 3 is 2.61 bits per heavy atom. The van der Waals surface area contributed by atoms with Crippen LogP contribution in [-0.4, -0.2) is 17.1 Å². The summed E-state index contributed by atoms with van der Waals surface area (Å²) in [5.74, 6) is -0.793. The van der Waals surface area contributed by atoms with E-state index in [-0.39, 0.29) is 5.92 Å². The number of hydrogen-bond donors (Lipinski definition) is 2. The first-order valence-electron chi connectivity index (χ1n) is 6.32. The molecule has 1 aromatic rings. The van der Waals surface area contributed by atoms with Crippen LogP contribution < -0.4 is 5.32 Å². The van der Waals surface area contributed by atoms with Gasteiger partial charge in [0.15, 0.2) is 0 Å². The van der Waals surface area contributed by atoms with Crippen LogP contribution in [0.1, 0.15) is 31.2 Å². The number of rotatable bonds is 3. The molecule has 0 aromatic heterocycles. The molecule has 98 valence electrons. The maximum atomic E-state index is 10.9. The lowest BCUT2D eigenvalue weighted by molar-refractivity contribution is -0.142. The minimum atomic E-state index is -0.646. The molecule has 0 unspecified atom stereocenters.